The highest BCUT2D eigenvalue weighted by Crippen LogP contribution is 2.21. The normalized spacial score (nSPS) is 13.4. The van der Waals surface area contributed by atoms with Crippen molar-refractivity contribution < 1.29 is 13.6 Å². The van der Waals surface area contributed by atoms with E-state index in [1.165, 1.54) is 0 Å². The molecule has 0 aliphatic rings. The average molecular weight is 354 g/mol. The Morgan fingerprint density at radius 3 is 2.42 bits per heavy atom. The molecule has 3 nitrogen and oxygen atoms in total. The lowest BCUT2D eigenvalue weighted by Crippen LogP contribution is -2.39. The predicted molar refractivity (Wildman–Crippen MR) is 99.9 cm³/mol. The van der Waals surface area contributed by atoms with Crippen molar-refractivity contribution in [2.45, 2.75) is 25.9 Å². The minimum atomic E-state index is -0.672. The van der Waals surface area contributed by atoms with Crippen molar-refractivity contribution in [2.24, 2.45) is 0 Å². The molecule has 5 heteroatoms. The summed E-state index contributed by atoms with van der Waals surface area (Å²) in [5.41, 5.74) is 0.877. The number of nitrogens with one attached hydrogen (secondary N) is 2. The molecule has 0 aliphatic carbocycles. The maximum absolute atomic E-state index is 13.7. The van der Waals surface area contributed by atoms with Crippen molar-refractivity contribution in [1.29, 1.82) is 0 Å². The fourth-order valence-corrected chi connectivity index (χ4v) is 2.86. The summed E-state index contributed by atoms with van der Waals surface area (Å²) < 4.78 is 26.9. The summed E-state index contributed by atoms with van der Waals surface area (Å²) in [6.45, 7) is 3.64. The Morgan fingerprint density at radius 1 is 0.923 bits per heavy atom. The Labute approximate surface area is 151 Å². The van der Waals surface area contributed by atoms with E-state index >= 15 is 0 Å². The third-order valence-corrected chi connectivity index (χ3v) is 4.35. The molecule has 1 amide bonds. The number of benzene rings is 3. The number of carbonyl (C=O) groups excluding carboxylic acids is 1. The van der Waals surface area contributed by atoms with Crippen molar-refractivity contribution in [1.82, 2.24) is 5.32 Å². The average Bonchev–Trinajstić information content (AvgIpc) is 2.64. The Kier molecular flexibility index (Phi) is 5.28. The fraction of sp³-hybridized carbons (Fsp3) is 0.190. The van der Waals surface area contributed by atoms with Crippen LogP contribution in [0.15, 0.2) is 60.7 Å². The third-order valence-electron chi connectivity index (χ3n) is 4.35. The van der Waals surface area contributed by atoms with Gasteiger partial charge >= 0.3 is 0 Å². The van der Waals surface area contributed by atoms with Crippen molar-refractivity contribution in [3.05, 3.63) is 77.9 Å². The van der Waals surface area contributed by atoms with Crippen LogP contribution in [0.2, 0.25) is 0 Å². The molecule has 0 aromatic heterocycles. The molecule has 3 rings (SSSR count). The molecule has 0 radical (unpaired) electrons. The number of hydrogen-bond acceptors (Lipinski definition) is 2. The van der Waals surface area contributed by atoms with Gasteiger partial charge in [-0.3, -0.25) is 10.1 Å². The zero-order valence-corrected chi connectivity index (χ0v) is 14.6. The lowest BCUT2D eigenvalue weighted by molar-refractivity contribution is -0.118. The second kappa shape index (κ2) is 7.62. The maximum Gasteiger partial charge on any atom is 0.241 e. The molecule has 0 fully saturated rings. The van der Waals surface area contributed by atoms with Gasteiger partial charge in [0.05, 0.1) is 11.7 Å². The summed E-state index contributed by atoms with van der Waals surface area (Å²) >= 11 is 0. The number of carbonyl (C=O) groups is 1. The Bertz CT molecular complexity index is 942. The van der Waals surface area contributed by atoms with Gasteiger partial charge in [-0.05, 0) is 48.4 Å². The Balaban J connectivity index is 1.68. The molecule has 0 saturated carbocycles. The summed E-state index contributed by atoms with van der Waals surface area (Å²) in [5, 5.41) is 7.88. The highest BCUT2D eigenvalue weighted by atomic mass is 19.1. The van der Waals surface area contributed by atoms with Crippen LogP contribution in [-0.4, -0.2) is 11.9 Å². The van der Waals surface area contributed by atoms with Crippen LogP contribution < -0.4 is 10.6 Å². The summed E-state index contributed by atoms with van der Waals surface area (Å²) in [5.74, 6) is -1.71. The second-order valence-corrected chi connectivity index (χ2v) is 6.33. The predicted octanol–water partition coefficient (Wildman–Crippen LogP) is 4.80. The van der Waals surface area contributed by atoms with E-state index in [9.17, 15) is 13.6 Å². The SMILES string of the molecule is C[C@H](N[C@@H](C)c1ccc2ccccc2c1)C(=O)Nc1cc(F)ccc1F. The fourth-order valence-electron chi connectivity index (χ4n) is 2.86. The van der Waals surface area contributed by atoms with Gasteiger partial charge in [-0.15, -0.1) is 0 Å². The van der Waals surface area contributed by atoms with Crippen molar-refractivity contribution >= 4 is 22.4 Å². The highest BCUT2D eigenvalue weighted by molar-refractivity contribution is 5.94. The highest BCUT2D eigenvalue weighted by Gasteiger charge is 2.18. The minimum absolute atomic E-state index is 0.0855. The molecule has 0 spiro atoms. The number of amides is 1. The first-order chi connectivity index (χ1) is 12.4. The molecule has 0 saturated heterocycles. The van der Waals surface area contributed by atoms with E-state index in [1.807, 2.05) is 43.3 Å². The summed E-state index contributed by atoms with van der Waals surface area (Å²) in [7, 11) is 0. The number of anilines is 1. The van der Waals surface area contributed by atoms with Gasteiger partial charge < -0.3 is 5.32 Å². The molecule has 0 aliphatic heterocycles. The lowest BCUT2D eigenvalue weighted by Gasteiger charge is -2.20. The molecule has 2 atom stereocenters. The van der Waals surface area contributed by atoms with Gasteiger partial charge in [-0.2, -0.15) is 0 Å². The first-order valence-electron chi connectivity index (χ1n) is 8.44. The molecular weight excluding hydrogens is 334 g/mol. The molecule has 3 aromatic rings. The van der Waals surface area contributed by atoms with Crippen LogP contribution in [0.3, 0.4) is 0 Å². The van der Waals surface area contributed by atoms with Crippen LogP contribution in [0.1, 0.15) is 25.5 Å². The van der Waals surface area contributed by atoms with Crippen molar-refractivity contribution in [3.8, 4) is 0 Å². The Hall–Kier alpha value is -2.79. The van der Waals surface area contributed by atoms with E-state index in [1.54, 1.807) is 6.92 Å². The summed E-state index contributed by atoms with van der Waals surface area (Å²) in [6, 6.07) is 16.5. The van der Waals surface area contributed by atoms with Crippen LogP contribution in [0, 0.1) is 11.6 Å². The smallest absolute Gasteiger partial charge is 0.241 e. The van der Waals surface area contributed by atoms with Crippen LogP contribution in [0.5, 0.6) is 0 Å². The number of fused-ring (bicyclic) bond motifs is 1. The van der Waals surface area contributed by atoms with E-state index in [2.05, 4.69) is 16.7 Å². The van der Waals surface area contributed by atoms with Crippen molar-refractivity contribution in [3.63, 3.8) is 0 Å². The van der Waals surface area contributed by atoms with Gasteiger partial charge in [-0.25, -0.2) is 8.78 Å². The maximum atomic E-state index is 13.7. The second-order valence-electron chi connectivity index (χ2n) is 6.33. The van der Waals surface area contributed by atoms with Gasteiger partial charge in [0.25, 0.3) is 0 Å². The molecule has 0 bridgehead atoms. The molecular formula is C21H20F2N2O. The Morgan fingerprint density at radius 2 is 1.65 bits per heavy atom. The van der Waals surface area contributed by atoms with Gasteiger partial charge in [0.1, 0.15) is 11.6 Å². The van der Waals surface area contributed by atoms with E-state index in [0.717, 1.165) is 34.5 Å². The van der Waals surface area contributed by atoms with E-state index in [4.69, 9.17) is 0 Å². The van der Waals surface area contributed by atoms with Crippen LogP contribution >= 0.6 is 0 Å². The van der Waals surface area contributed by atoms with E-state index < -0.39 is 23.6 Å². The van der Waals surface area contributed by atoms with Crippen LogP contribution in [-0.2, 0) is 4.79 Å². The largest absolute Gasteiger partial charge is 0.322 e. The van der Waals surface area contributed by atoms with E-state index in [-0.39, 0.29) is 11.7 Å². The van der Waals surface area contributed by atoms with Crippen LogP contribution in [0.25, 0.3) is 10.8 Å². The van der Waals surface area contributed by atoms with Gasteiger partial charge in [0.15, 0.2) is 0 Å². The number of halogens is 2. The van der Waals surface area contributed by atoms with E-state index in [0.29, 0.717) is 0 Å². The molecule has 3 aromatic carbocycles. The number of hydrogen-bond donors (Lipinski definition) is 2. The molecule has 2 N–H and O–H groups in total. The summed E-state index contributed by atoms with van der Waals surface area (Å²) in [4.78, 5) is 12.3. The molecule has 0 unspecified atom stereocenters. The molecule has 0 heterocycles. The monoisotopic (exact) mass is 354 g/mol. The van der Waals surface area contributed by atoms with Gasteiger partial charge in [0, 0.05) is 12.1 Å². The van der Waals surface area contributed by atoms with Crippen LogP contribution in [0.4, 0.5) is 14.5 Å². The van der Waals surface area contributed by atoms with Crippen molar-refractivity contribution in [2.75, 3.05) is 5.32 Å². The number of rotatable bonds is 5. The quantitative estimate of drug-likeness (QED) is 0.691. The molecule has 134 valence electrons. The summed E-state index contributed by atoms with van der Waals surface area (Å²) in [6.07, 6.45) is 0. The zero-order valence-electron chi connectivity index (χ0n) is 14.6. The first kappa shape index (κ1) is 18.0. The topological polar surface area (TPSA) is 41.1 Å². The van der Waals surface area contributed by atoms with Gasteiger partial charge in [-0.1, -0.05) is 36.4 Å². The first-order valence-corrected chi connectivity index (χ1v) is 8.44. The molecule has 26 heavy (non-hydrogen) atoms. The van der Waals surface area contributed by atoms with Gasteiger partial charge in [0.2, 0.25) is 5.91 Å². The minimum Gasteiger partial charge on any atom is -0.322 e. The lowest BCUT2D eigenvalue weighted by atomic mass is 10.0. The zero-order chi connectivity index (χ0) is 18.7. The standard InChI is InChI=1S/C21H20F2N2O/c1-13(16-8-7-15-5-3-4-6-17(15)11-16)24-14(2)21(26)25-20-12-18(22)9-10-19(20)23/h3-14,24H,1-2H3,(H,25,26)/t13-,14-/m0/s1. The third kappa shape index (κ3) is 4.06.